The number of sulfonamides is 1. The van der Waals surface area contributed by atoms with Crippen LogP contribution in [-0.4, -0.2) is 32.1 Å². The third-order valence-corrected chi connectivity index (χ3v) is 4.62. The molecule has 114 valence electrons. The van der Waals surface area contributed by atoms with Crippen LogP contribution in [0.1, 0.15) is 5.56 Å². The van der Waals surface area contributed by atoms with E-state index in [4.69, 9.17) is 5.73 Å². The Kier molecular flexibility index (Phi) is 3.82. The van der Waals surface area contributed by atoms with Gasteiger partial charge in [-0.25, -0.2) is 4.98 Å². The first kappa shape index (κ1) is 15.2. The number of nitrogen functional groups attached to an aromatic ring is 1. The van der Waals surface area contributed by atoms with Gasteiger partial charge in [0.25, 0.3) is 10.0 Å². The predicted octanol–water partition coefficient (Wildman–Crippen LogP) is 1.18. The van der Waals surface area contributed by atoms with E-state index in [9.17, 15) is 8.42 Å². The Hall–Kier alpha value is -2.22. The zero-order chi connectivity index (χ0) is 15.8. The van der Waals surface area contributed by atoms with Crippen molar-refractivity contribution in [1.29, 1.82) is 0 Å². The second kappa shape index (κ2) is 5.28. The molecule has 0 fully saturated rings. The molecule has 1 aromatic heterocycles. The Balaban J connectivity index is 2.40. The second-order valence-corrected chi connectivity index (χ2v) is 6.64. The first-order valence-corrected chi connectivity index (χ1v) is 7.78. The molecule has 0 aliphatic heterocycles. The quantitative estimate of drug-likeness (QED) is 0.884. The number of nitrogens with two attached hydrogens (primary N) is 1. The number of hydrogen-bond acceptors (Lipinski definition) is 5. The number of aromatic nitrogens is 2. The minimum Gasteiger partial charge on any atom is -0.381 e. The van der Waals surface area contributed by atoms with E-state index in [2.05, 4.69) is 9.71 Å². The zero-order valence-corrected chi connectivity index (χ0v) is 13.3. The Bertz CT molecular complexity index is 745. The van der Waals surface area contributed by atoms with Gasteiger partial charge in [0.05, 0.1) is 12.0 Å². The minimum absolute atomic E-state index is 0.0232. The molecular weight excluding hydrogens is 290 g/mol. The van der Waals surface area contributed by atoms with Crippen LogP contribution in [0.25, 0.3) is 0 Å². The summed E-state index contributed by atoms with van der Waals surface area (Å²) in [5.41, 5.74) is 8.10. The van der Waals surface area contributed by atoms with Gasteiger partial charge < -0.3 is 15.2 Å². The molecule has 0 spiro atoms. The van der Waals surface area contributed by atoms with Crippen LogP contribution in [-0.2, 0) is 17.1 Å². The lowest BCUT2D eigenvalue weighted by Crippen LogP contribution is -2.18. The van der Waals surface area contributed by atoms with Gasteiger partial charge in [0.2, 0.25) is 0 Å². The molecular formula is C13H19N5O2S. The summed E-state index contributed by atoms with van der Waals surface area (Å²) in [7, 11) is 1.61. The molecule has 0 radical (unpaired) electrons. The molecule has 0 aliphatic rings. The van der Waals surface area contributed by atoms with Gasteiger partial charge in [0.15, 0.2) is 10.8 Å². The molecule has 0 saturated carbocycles. The number of nitrogens with one attached hydrogen (secondary N) is 1. The number of rotatable bonds is 4. The van der Waals surface area contributed by atoms with Crippen LogP contribution in [0.2, 0.25) is 0 Å². The molecule has 2 rings (SSSR count). The van der Waals surface area contributed by atoms with Crippen LogP contribution in [0, 0.1) is 6.92 Å². The lowest BCUT2D eigenvalue weighted by molar-refractivity contribution is 0.592. The number of benzene rings is 1. The maximum absolute atomic E-state index is 12.4. The summed E-state index contributed by atoms with van der Waals surface area (Å²) in [6.07, 6.45) is 1.37. The van der Waals surface area contributed by atoms with Crippen molar-refractivity contribution in [2.75, 3.05) is 29.5 Å². The van der Waals surface area contributed by atoms with Crippen molar-refractivity contribution in [3.05, 3.63) is 30.1 Å². The Labute approximate surface area is 124 Å². The van der Waals surface area contributed by atoms with E-state index in [0.717, 1.165) is 11.3 Å². The van der Waals surface area contributed by atoms with E-state index in [1.165, 1.54) is 10.9 Å². The van der Waals surface area contributed by atoms with Gasteiger partial charge >= 0.3 is 0 Å². The van der Waals surface area contributed by atoms with E-state index in [-0.39, 0.29) is 10.8 Å². The minimum atomic E-state index is -3.78. The summed E-state index contributed by atoms with van der Waals surface area (Å²) < 4.78 is 28.7. The van der Waals surface area contributed by atoms with Gasteiger partial charge in [-0.05, 0) is 24.6 Å². The molecule has 0 aliphatic carbocycles. The number of hydrogen-bond donors (Lipinski definition) is 2. The third-order valence-electron chi connectivity index (χ3n) is 3.11. The Morgan fingerprint density at radius 2 is 2.00 bits per heavy atom. The maximum atomic E-state index is 12.4. The summed E-state index contributed by atoms with van der Waals surface area (Å²) in [6, 6.07) is 5.35. The van der Waals surface area contributed by atoms with Crippen molar-refractivity contribution >= 4 is 27.2 Å². The van der Waals surface area contributed by atoms with Crippen LogP contribution in [0.5, 0.6) is 0 Å². The molecule has 1 heterocycles. The van der Waals surface area contributed by atoms with E-state index < -0.39 is 10.0 Å². The van der Waals surface area contributed by atoms with Crippen LogP contribution >= 0.6 is 0 Å². The zero-order valence-electron chi connectivity index (χ0n) is 12.5. The van der Waals surface area contributed by atoms with E-state index in [0.29, 0.717) is 5.69 Å². The average Bonchev–Trinajstić information content (AvgIpc) is 2.71. The number of anilines is 3. The number of imidazole rings is 1. The normalized spacial score (nSPS) is 11.4. The van der Waals surface area contributed by atoms with Gasteiger partial charge in [0.1, 0.15) is 0 Å². The first-order chi connectivity index (χ1) is 9.72. The highest BCUT2D eigenvalue weighted by Gasteiger charge is 2.22. The Morgan fingerprint density at radius 1 is 1.33 bits per heavy atom. The highest BCUT2D eigenvalue weighted by atomic mass is 32.2. The molecule has 0 amide bonds. The van der Waals surface area contributed by atoms with Crippen molar-refractivity contribution in [3.8, 4) is 0 Å². The third kappa shape index (κ3) is 2.94. The molecule has 1 aromatic carbocycles. The average molecular weight is 309 g/mol. The summed E-state index contributed by atoms with van der Waals surface area (Å²) in [5.74, 6) is -0.0232. The number of aryl methyl sites for hydroxylation is 2. The molecule has 21 heavy (non-hydrogen) atoms. The fourth-order valence-electron chi connectivity index (χ4n) is 2.12. The van der Waals surface area contributed by atoms with Crippen molar-refractivity contribution in [2.24, 2.45) is 7.05 Å². The van der Waals surface area contributed by atoms with Gasteiger partial charge in [-0.15, -0.1) is 0 Å². The monoisotopic (exact) mass is 309 g/mol. The largest absolute Gasteiger partial charge is 0.381 e. The van der Waals surface area contributed by atoms with Crippen molar-refractivity contribution in [1.82, 2.24) is 9.55 Å². The van der Waals surface area contributed by atoms with Gasteiger partial charge in [-0.3, -0.25) is 4.72 Å². The standard InChI is InChI=1S/C13H19N5O2S/c1-9-5-6-10(7-11(9)17(2)3)16-21(19,20)13-12(14)15-8-18(13)4/h5-8,16H,14H2,1-4H3. The van der Waals surface area contributed by atoms with Crippen LogP contribution in [0.15, 0.2) is 29.6 Å². The maximum Gasteiger partial charge on any atom is 0.281 e. The Morgan fingerprint density at radius 3 is 2.52 bits per heavy atom. The predicted molar refractivity (Wildman–Crippen MR) is 83.9 cm³/mol. The smallest absolute Gasteiger partial charge is 0.281 e. The fourth-order valence-corrected chi connectivity index (χ4v) is 3.41. The van der Waals surface area contributed by atoms with Crippen molar-refractivity contribution in [3.63, 3.8) is 0 Å². The van der Waals surface area contributed by atoms with Gasteiger partial charge in [-0.2, -0.15) is 8.42 Å². The highest BCUT2D eigenvalue weighted by molar-refractivity contribution is 7.92. The van der Waals surface area contributed by atoms with E-state index >= 15 is 0 Å². The van der Waals surface area contributed by atoms with Crippen molar-refractivity contribution in [2.45, 2.75) is 11.9 Å². The van der Waals surface area contributed by atoms with Gasteiger partial charge in [-0.1, -0.05) is 6.07 Å². The highest BCUT2D eigenvalue weighted by Crippen LogP contribution is 2.25. The van der Waals surface area contributed by atoms with Crippen LogP contribution < -0.4 is 15.4 Å². The molecule has 0 bridgehead atoms. The van der Waals surface area contributed by atoms with E-state index in [1.54, 1.807) is 19.2 Å². The summed E-state index contributed by atoms with van der Waals surface area (Å²) in [6.45, 7) is 1.96. The van der Waals surface area contributed by atoms with Crippen molar-refractivity contribution < 1.29 is 8.42 Å². The molecule has 0 atom stereocenters. The number of nitrogens with zero attached hydrogens (tertiary/aromatic N) is 3. The molecule has 2 aromatic rings. The van der Waals surface area contributed by atoms with E-state index in [1.807, 2.05) is 32.0 Å². The summed E-state index contributed by atoms with van der Waals surface area (Å²) in [5, 5.41) is -0.0468. The first-order valence-electron chi connectivity index (χ1n) is 6.30. The van der Waals surface area contributed by atoms with Crippen LogP contribution in [0.3, 0.4) is 0 Å². The molecule has 0 unspecified atom stereocenters. The molecule has 0 saturated heterocycles. The molecule has 7 nitrogen and oxygen atoms in total. The lowest BCUT2D eigenvalue weighted by Gasteiger charge is -2.17. The van der Waals surface area contributed by atoms with Crippen LogP contribution in [0.4, 0.5) is 17.2 Å². The second-order valence-electron chi connectivity index (χ2n) is 5.05. The lowest BCUT2D eigenvalue weighted by atomic mass is 10.2. The topological polar surface area (TPSA) is 93.2 Å². The molecule has 3 N–H and O–H groups in total. The SMILES string of the molecule is Cc1ccc(NS(=O)(=O)c2c(N)ncn2C)cc1N(C)C. The summed E-state index contributed by atoms with van der Waals surface area (Å²) in [4.78, 5) is 5.72. The molecule has 8 heteroatoms. The van der Waals surface area contributed by atoms with Gasteiger partial charge in [0, 0.05) is 26.8 Å². The fraction of sp³-hybridized carbons (Fsp3) is 0.308. The summed E-state index contributed by atoms with van der Waals surface area (Å²) >= 11 is 0.